The summed E-state index contributed by atoms with van der Waals surface area (Å²) < 4.78 is 7.35. The highest BCUT2D eigenvalue weighted by molar-refractivity contribution is 5.49. The van der Waals surface area contributed by atoms with Gasteiger partial charge in [0, 0.05) is 12.4 Å². The second kappa shape index (κ2) is 5.47. The van der Waals surface area contributed by atoms with Crippen LogP contribution in [0.25, 0.3) is 5.69 Å². The Morgan fingerprint density at radius 1 is 1.32 bits per heavy atom. The van der Waals surface area contributed by atoms with E-state index < -0.39 is 0 Å². The Hall–Kier alpha value is -1.77. The maximum atomic E-state index is 5.52. The SMILES string of the molecule is CCCC(C)(C)c1ccc(-n2cccn2)c(OC)c1. The largest absolute Gasteiger partial charge is 0.494 e. The Balaban J connectivity index is 2.42. The maximum absolute atomic E-state index is 5.52. The van der Waals surface area contributed by atoms with Gasteiger partial charge in [-0.25, -0.2) is 4.68 Å². The van der Waals surface area contributed by atoms with Crippen molar-refractivity contribution in [2.45, 2.75) is 39.0 Å². The van der Waals surface area contributed by atoms with E-state index in [0.717, 1.165) is 17.9 Å². The van der Waals surface area contributed by atoms with E-state index in [-0.39, 0.29) is 5.41 Å². The summed E-state index contributed by atoms with van der Waals surface area (Å²) >= 11 is 0. The molecule has 0 fully saturated rings. The Bertz CT molecular complexity index is 530. The summed E-state index contributed by atoms with van der Waals surface area (Å²) in [6, 6.07) is 8.30. The van der Waals surface area contributed by atoms with E-state index in [1.165, 1.54) is 12.0 Å². The number of nitrogens with zero attached hydrogens (tertiary/aromatic N) is 2. The van der Waals surface area contributed by atoms with Crippen LogP contribution in [0.2, 0.25) is 0 Å². The van der Waals surface area contributed by atoms with Crippen LogP contribution in [0.3, 0.4) is 0 Å². The van der Waals surface area contributed by atoms with Crippen LogP contribution in [0.5, 0.6) is 5.75 Å². The Morgan fingerprint density at radius 2 is 2.11 bits per heavy atom. The van der Waals surface area contributed by atoms with Gasteiger partial charge in [0.25, 0.3) is 0 Å². The first-order chi connectivity index (χ1) is 9.08. The molecule has 3 heteroatoms. The standard InChI is InChI=1S/C16H22N2O/c1-5-9-16(2,3)13-7-8-14(15(12-13)19-4)18-11-6-10-17-18/h6-8,10-12H,5,9H2,1-4H3. The topological polar surface area (TPSA) is 27.1 Å². The van der Waals surface area contributed by atoms with Gasteiger partial charge in [0.05, 0.1) is 7.11 Å². The summed E-state index contributed by atoms with van der Waals surface area (Å²) in [6.07, 6.45) is 6.04. The minimum atomic E-state index is 0.171. The Morgan fingerprint density at radius 3 is 2.68 bits per heavy atom. The molecular weight excluding hydrogens is 236 g/mol. The van der Waals surface area contributed by atoms with Gasteiger partial charge in [0.15, 0.2) is 0 Å². The van der Waals surface area contributed by atoms with Gasteiger partial charge in [-0.1, -0.05) is 33.3 Å². The number of rotatable bonds is 5. The molecule has 2 rings (SSSR count). The zero-order valence-electron chi connectivity index (χ0n) is 12.2. The van der Waals surface area contributed by atoms with Gasteiger partial charge in [0.1, 0.15) is 11.4 Å². The van der Waals surface area contributed by atoms with Crippen LogP contribution in [-0.2, 0) is 5.41 Å². The summed E-state index contributed by atoms with van der Waals surface area (Å²) in [7, 11) is 1.71. The third-order valence-electron chi connectivity index (χ3n) is 3.59. The van der Waals surface area contributed by atoms with E-state index in [1.807, 2.05) is 16.9 Å². The molecule has 0 aliphatic heterocycles. The van der Waals surface area contributed by atoms with Gasteiger partial charge in [0.2, 0.25) is 0 Å². The van der Waals surface area contributed by atoms with E-state index in [1.54, 1.807) is 13.3 Å². The molecule has 3 nitrogen and oxygen atoms in total. The fourth-order valence-electron chi connectivity index (χ4n) is 2.47. The molecule has 1 aromatic carbocycles. The molecule has 0 N–H and O–H groups in total. The molecule has 19 heavy (non-hydrogen) atoms. The van der Waals surface area contributed by atoms with E-state index >= 15 is 0 Å². The maximum Gasteiger partial charge on any atom is 0.144 e. The average molecular weight is 258 g/mol. The lowest BCUT2D eigenvalue weighted by molar-refractivity contribution is 0.407. The monoisotopic (exact) mass is 258 g/mol. The molecule has 2 aromatic rings. The van der Waals surface area contributed by atoms with Crippen LogP contribution in [0.1, 0.15) is 39.2 Å². The number of aromatic nitrogens is 2. The van der Waals surface area contributed by atoms with Crippen molar-refractivity contribution in [2.75, 3.05) is 7.11 Å². The minimum Gasteiger partial charge on any atom is -0.494 e. The normalized spacial score (nSPS) is 11.6. The molecule has 1 aromatic heterocycles. The van der Waals surface area contributed by atoms with E-state index in [4.69, 9.17) is 4.74 Å². The zero-order valence-corrected chi connectivity index (χ0v) is 12.2. The molecule has 0 radical (unpaired) electrons. The van der Waals surface area contributed by atoms with Gasteiger partial charge >= 0.3 is 0 Å². The molecule has 0 saturated heterocycles. The number of methoxy groups -OCH3 is 1. The predicted molar refractivity (Wildman–Crippen MR) is 78.1 cm³/mol. The molecule has 102 valence electrons. The van der Waals surface area contributed by atoms with Gasteiger partial charge in [-0.2, -0.15) is 5.10 Å². The molecule has 0 atom stereocenters. The summed E-state index contributed by atoms with van der Waals surface area (Å²) in [5, 5.41) is 4.26. The molecule has 1 heterocycles. The molecule has 0 amide bonds. The summed E-state index contributed by atoms with van der Waals surface area (Å²) in [5.74, 6) is 0.866. The van der Waals surface area contributed by atoms with Gasteiger partial charge in [-0.3, -0.25) is 0 Å². The molecule has 0 saturated carbocycles. The van der Waals surface area contributed by atoms with Crippen molar-refractivity contribution < 1.29 is 4.74 Å². The quantitative estimate of drug-likeness (QED) is 0.811. The second-order valence-electron chi connectivity index (χ2n) is 5.47. The molecular formula is C16H22N2O. The lowest BCUT2D eigenvalue weighted by Crippen LogP contribution is -2.17. The minimum absolute atomic E-state index is 0.171. The molecule has 0 aliphatic carbocycles. The van der Waals surface area contributed by atoms with Crippen LogP contribution in [-0.4, -0.2) is 16.9 Å². The lowest BCUT2D eigenvalue weighted by atomic mass is 9.80. The smallest absolute Gasteiger partial charge is 0.144 e. The highest BCUT2D eigenvalue weighted by atomic mass is 16.5. The fourth-order valence-corrected chi connectivity index (χ4v) is 2.47. The highest BCUT2D eigenvalue weighted by Crippen LogP contribution is 2.33. The third-order valence-corrected chi connectivity index (χ3v) is 3.59. The van der Waals surface area contributed by atoms with Gasteiger partial charge < -0.3 is 4.74 Å². The molecule has 0 unspecified atom stereocenters. The average Bonchev–Trinajstić information content (AvgIpc) is 2.91. The first kappa shape index (κ1) is 13.7. The van der Waals surface area contributed by atoms with Crippen molar-refractivity contribution in [1.82, 2.24) is 9.78 Å². The van der Waals surface area contributed by atoms with Crippen LogP contribution >= 0.6 is 0 Å². The van der Waals surface area contributed by atoms with Crippen LogP contribution in [0.15, 0.2) is 36.7 Å². The van der Waals surface area contributed by atoms with Crippen molar-refractivity contribution in [2.24, 2.45) is 0 Å². The Kier molecular flexibility index (Phi) is 3.93. The summed E-state index contributed by atoms with van der Waals surface area (Å²) in [4.78, 5) is 0. The first-order valence-corrected chi connectivity index (χ1v) is 6.77. The molecule has 0 spiro atoms. The lowest BCUT2D eigenvalue weighted by Gasteiger charge is -2.25. The van der Waals surface area contributed by atoms with Crippen molar-refractivity contribution in [1.29, 1.82) is 0 Å². The molecule has 0 bridgehead atoms. The van der Waals surface area contributed by atoms with Crippen LogP contribution < -0.4 is 4.74 Å². The van der Waals surface area contributed by atoms with Crippen molar-refractivity contribution >= 4 is 0 Å². The molecule has 0 aliphatic rings. The van der Waals surface area contributed by atoms with Crippen LogP contribution in [0.4, 0.5) is 0 Å². The van der Waals surface area contributed by atoms with Gasteiger partial charge in [-0.05, 0) is 35.6 Å². The van der Waals surface area contributed by atoms with E-state index in [9.17, 15) is 0 Å². The third kappa shape index (κ3) is 2.80. The highest BCUT2D eigenvalue weighted by Gasteiger charge is 2.21. The van der Waals surface area contributed by atoms with Gasteiger partial charge in [-0.15, -0.1) is 0 Å². The summed E-state index contributed by atoms with van der Waals surface area (Å²) in [6.45, 7) is 6.77. The predicted octanol–water partition coefficient (Wildman–Crippen LogP) is 3.96. The number of hydrogen-bond acceptors (Lipinski definition) is 2. The van der Waals surface area contributed by atoms with Crippen molar-refractivity contribution in [3.63, 3.8) is 0 Å². The van der Waals surface area contributed by atoms with Crippen molar-refractivity contribution in [3.05, 3.63) is 42.2 Å². The fraction of sp³-hybridized carbons (Fsp3) is 0.438. The number of benzene rings is 1. The number of hydrogen-bond donors (Lipinski definition) is 0. The van der Waals surface area contributed by atoms with E-state index in [2.05, 4.69) is 44.1 Å². The summed E-state index contributed by atoms with van der Waals surface area (Å²) in [5.41, 5.74) is 2.45. The Labute approximate surface area is 115 Å². The zero-order chi connectivity index (χ0) is 13.9. The van der Waals surface area contributed by atoms with Crippen molar-refractivity contribution in [3.8, 4) is 11.4 Å². The second-order valence-corrected chi connectivity index (χ2v) is 5.47. The van der Waals surface area contributed by atoms with E-state index in [0.29, 0.717) is 0 Å². The first-order valence-electron chi connectivity index (χ1n) is 6.77. The number of ether oxygens (including phenoxy) is 1. The van der Waals surface area contributed by atoms with Crippen LogP contribution in [0, 0.1) is 0 Å².